The van der Waals surface area contributed by atoms with Crippen LogP contribution in [0.15, 0.2) is 0 Å². The number of carbonyl (C=O) groups excluding carboxylic acids is 8. The van der Waals surface area contributed by atoms with Crippen molar-refractivity contribution in [3.05, 3.63) is 0 Å². The number of amides is 5. The molecule has 0 radical (unpaired) electrons. The zero-order valence-electron chi connectivity index (χ0n) is 43.1. The van der Waals surface area contributed by atoms with Crippen LogP contribution < -0.4 is 88.3 Å². The number of carboxylic acid groups (broad SMARTS) is 3. The maximum Gasteiger partial charge on any atom is 0.245 e. The predicted molar refractivity (Wildman–Crippen MR) is 248 cm³/mol. The quantitative estimate of drug-likeness (QED) is 0.0199. The third-order valence-corrected chi connectivity index (χ3v) is 12.7. The first-order valence-corrected chi connectivity index (χ1v) is 27.6. The fourth-order valence-electron chi connectivity index (χ4n) is 7.34. The van der Waals surface area contributed by atoms with Gasteiger partial charge in [-0.3, -0.25) is 53.4 Å². The van der Waals surface area contributed by atoms with Crippen LogP contribution in [0.5, 0.6) is 0 Å². The second-order valence-corrected chi connectivity index (χ2v) is 20.5. The van der Waals surface area contributed by atoms with Gasteiger partial charge < -0.3 is 127 Å². The Kier molecular flexibility index (Phi) is 36.2. The Hall–Kier alpha value is -4.34. The Labute approximate surface area is 449 Å². The number of aliphatic hydroxyl groups is 3. The monoisotopic (exact) mass is 1160 g/mol. The molecule has 0 spiro atoms. The molecule has 0 aromatic heterocycles. The summed E-state index contributed by atoms with van der Waals surface area (Å²) in [4.78, 5) is 162. The highest BCUT2D eigenvalue weighted by Gasteiger charge is 2.29. The summed E-state index contributed by atoms with van der Waals surface area (Å²) in [5.41, 5.74) is 11.3. The van der Waals surface area contributed by atoms with Gasteiger partial charge in [0.25, 0.3) is 0 Å². The number of hydrogen-bond acceptors (Lipinski definition) is 31. The first kappa shape index (κ1) is 73.7. The predicted octanol–water partition coefficient (Wildman–Crippen LogP) is -19.5. The first-order valence-electron chi connectivity index (χ1n) is 24.1. The molecule has 0 heterocycles. The molecule has 5 amide bonds. The summed E-state index contributed by atoms with van der Waals surface area (Å²) in [7, 11) is -10.4. The van der Waals surface area contributed by atoms with E-state index in [1.165, 1.54) is 14.7 Å². The molecular formula is C40H72N13O23P2-9. The largest absolute Gasteiger partial charge is 0.830 e. The number of aliphatic carboxylic acids is 3. The molecular weight excluding hydrogens is 1090 g/mol. The van der Waals surface area contributed by atoms with Gasteiger partial charge in [-0.25, -0.2) is 0 Å². The van der Waals surface area contributed by atoms with Gasteiger partial charge in [-0.05, 0) is 32.0 Å². The van der Waals surface area contributed by atoms with Gasteiger partial charge in [0, 0.05) is 130 Å². The Bertz CT molecular complexity index is 1910. The smallest absolute Gasteiger partial charge is 0.245 e. The Balaban J connectivity index is 5.86. The zero-order chi connectivity index (χ0) is 59.9. The fourth-order valence-corrected chi connectivity index (χ4v) is 8.84. The third kappa shape index (κ3) is 35.3. The van der Waals surface area contributed by atoms with Crippen molar-refractivity contribution >= 4 is 63.0 Å². The molecule has 0 aliphatic heterocycles. The van der Waals surface area contributed by atoms with Gasteiger partial charge >= 0.3 is 0 Å². The van der Waals surface area contributed by atoms with Crippen molar-refractivity contribution in [3.63, 3.8) is 0 Å². The SMILES string of the molecule is CCN(CCN(CCN(CC(=O)[O-])CP(=O)([O-])[O-])C(CC(=O)NCC(NC(=O)CCNC(=O)C(N)CNC(=O)CC(C([O-])O)N(CCN(CC)CC([O-])O)CCN(CC([O-])O)C[P+]([O-])([O-])O)C(=O)NCN)C(=O)[O-])CC(=O)[O-]. The number of nitrogens with one attached hydrogen (secondary N) is 5. The molecule has 0 aliphatic rings. The number of likely N-dealkylation sites (N-methyl/N-ethyl adjacent to an activating group) is 2. The molecule has 0 saturated heterocycles. The lowest BCUT2D eigenvalue weighted by Crippen LogP contribution is -2.56. The summed E-state index contributed by atoms with van der Waals surface area (Å²) in [6.45, 7) is -4.11. The van der Waals surface area contributed by atoms with Gasteiger partial charge in [0.2, 0.25) is 29.5 Å². The van der Waals surface area contributed by atoms with Gasteiger partial charge in [0.05, 0.1) is 38.6 Å². The molecule has 38 heteroatoms. The van der Waals surface area contributed by atoms with E-state index in [1.54, 1.807) is 13.8 Å². The van der Waals surface area contributed by atoms with Gasteiger partial charge in [-0.15, -0.1) is 0 Å². The number of carbonyl (C=O) groups is 8. The molecule has 0 rings (SSSR count). The molecule has 454 valence electrons. The molecule has 0 aliphatic carbocycles. The van der Waals surface area contributed by atoms with Crippen LogP contribution in [-0.4, -0.2) is 271 Å². The van der Waals surface area contributed by atoms with E-state index in [4.69, 9.17) is 11.5 Å². The van der Waals surface area contributed by atoms with E-state index in [9.17, 15) is 113 Å². The molecule has 7 unspecified atom stereocenters. The van der Waals surface area contributed by atoms with Crippen LogP contribution in [-0.2, 0) is 42.9 Å². The molecule has 0 bridgehead atoms. The van der Waals surface area contributed by atoms with Crippen molar-refractivity contribution < 1.29 is 113 Å². The lowest BCUT2D eigenvalue weighted by atomic mass is 10.1. The number of rotatable bonds is 45. The third-order valence-electron chi connectivity index (χ3n) is 11.2. The molecule has 0 aromatic rings. The number of carboxylic acids is 3. The van der Waals surface area contributed by atoms with Gasteiger partial charge in [0.15, 0.2) is 0 Å². The van der Waals surface area contributed by atoms with Crippen molar-refractivity contribution in [2.45, 2.75) is 76.1 Å². The number of nitrogens with zero attached hydrogens (tertiary/aromatic N) is 6. The highest BCUT2D eigenvalue weighted by Crippen LogP contribution is 2.34. The molecule has 78 heavy (non-hydrogen) atoms. The highest BCUT2D eigenvalue weighted by molar-refractivity contribution is 7.55. The van der Waals surface area contributed by atoms with Crippen LogP contribution in [0, 0.1) is 0 Å². The lowest BCUT2D eigenvalue weighted by Gasteiger charge is -2.41. The van der Waals surface area contributed by atoms with Crippen molar-refractivity contribution in [1.29, 1.82) is 0 Å². The normalized spacial score (nSPS) is 14.9. The molecule has 0 aromatic carbocycles. The van der Waals surface area contributed by atoms with Crippen LogP contribution in [0.3, 0.4) is 0 Å². The van der Waals surface area contributed by atoms with E-state index in [2.05, 4.69) is 26.6 Å². The summed E-state index contributed by atoms with van der Waals surface area (Å²) in [6.07, 6.45) is -11.5. The summed E-state index contributed by atoms with van der Waals surface area (Å²) in [5.74, 6) is -9.97. The summed E-state index contributed by atoms with van der Waals surface area (Å²) < 4.78 is 11.4. The molecule has 0 saturated carbocycles. The van der Waals surface area contributed by atoms with Crippen LogP contribution in [0.1, 0.15) is 33.1 Å². The van der Waals surface area contributed by atoms with E-state index in [1.807, 2.05) is 0 Å². The van der Waals surface area contributed by atoms with Crippen LogP contribution in [0.25, 0.3) is 0 Å². The fraction of sp³-hybridized carbons (Fsp3) is 0.800. The van der Waals surface area contributed by atoms with Gasteiger partial charge in [0.1, 0.15) is 18.4 Å². The molecule has 0 fully saturated rings. The van der Waals surface area contributed by atoms with E-state index in [0.717, 1.165) is 9.80 Å². The molecule has 13 N–H and O–H groups in total. The second-order valence-electron chi connectivity index (χ2n) is 17.5. The average Bonchev–Trinajstić information content (AvgIpc) is 3.30. The second kappa shape index (κ2) is 38.3. The summed E-state index contributed by atoms with van der Waals surface area (Å²) in [5, 5.41) is 111. The minimum atomic E-state index is -5.36. The molecule has 7 atom stereocenters. The summed E-state index contributed by atoms with van der Waals surface area (Å²) in [6, 6.07) is -6.56. The zero-order valence-corrected chi connectivity index (χ0v) is 44.9. The Morgan fingerprint density at radius 1 is 0.641 bits per heavy atom. The van der Waals surface area contributed by atoms with Crippen LogP contribution >= 0.6 is 15.5 Å². The minimum absolute atomic E-state index is 0.0389. The maximum absolute atomic E-state index is 13.2. The standard InChI is InChI=1S/C40H78N13O23P2/c1-3-48(19-33(57)58)7-11-52(13-9-50(21-35(61)62)24-77(71,72)73)28(39(67)68)15-31(55)44-17-26(42)37(65)43-6-5-30(54)47-27(38(66)46-23-41)18-45-32(56)16-29(40(69)70)53(12-8-49(4-2)20-34(59)60)14-10-51(22-36(63)64)25-78(74,75)76/h26-29,33,35,39,57,61,67H,3-25,41-42H2,1-2H3,(H,43,65)(H,44,55)(H,45,56)(H,46,66)(H,47,54)(H,59,60)(H,63,64)(H,69,70)(H2,71,72,73)(H2,74,75,76)/q-3/p-6. The van der Waals surface area contributed by atoms with E-state index in [-0.39, 0.29) is 52.4 Å². The van der Waals surface area contributed by atoms with E-state index < -0.39 is 203 Å². The number of aliphatic hydroxyl groups excluding tert-OH is 3. The minimum Gasteiger partial charge on any atom is -0.830 e. The van der Waals surface area contributed by atoms with Crippen LogP contribution in [0.2, 0.25) is 0 Å². The first-order chi connectivity index (χ1) is 36.2. The number of hydrogen-bond donors (Lipinski definition) is 11. The van der Waals surface area contributed by atoms with Crippen molar-refractivity contribution in [2.75, 3.05) is 131 Å². The van der Waals surface area contributed by atoms with Crippen molar-refractivity contribution in [2.24, 2.45) is 11.5 Å². The summed E-state index contributed by atoms with van der Waals surface area (Å²) >= 11 is 0. The highest BCUT2D eigenvalue weighted by atomic mass is 31.2. The van der Waals surface area contributed by atoms with E-state index >= 15 is 0 Å². The topological polar surface area (TPSA) is 597 Å². The van der Waals surface area contributed by atoms with Gasteiger partial charge in [-0.1, -0.05) is 21.4 Å². The van der Waals surface area contributed by atoms with Crippen molar-refractivity contribution in [1.82, 2.24) is 56.0 Å². The lowest BCUT2D eigenvalue weighted by molar-refractivity contribution is -0.494. The van der Waals surface area contributed by atoms with Gasteiger partial charge in [-0.2, -0.15) is 0 Å². The molecule has 36 nitrogen and oxygen atoms in total. The maximum atomic E-state index is 13.2. The Morgan fingerprint density at radius 2 is 1.13 bits per heavy atom. The number of nitrogens with two attached hydrogens (primary N) is 2. The average molecular weight is 1170 g/mol. The van der Waals surface area contributed by atoms with Crippen LogP contribution in [0.4, 0.5) is 0 Å². The van der Waals surface area contributed by atoms with E-state index in [0.29, 0.717) is 4.90 Å². The van der Waals surface area contributed by atoms with Crippen molar-refractivity contribution in [3.8, 4) is 0 Å². The Morgan fingerprint density at radius 3 is 1.62 bits per heavy atom.